The molecule has 3 aromatic rings. The number of rotatable bonds is 4. The first-order valence-corrected chi connectivity index (χ1v) is 9.57. The van der Waals surface area contributed by atoms with E-state index in [0.29, 0.717) is 16.2 Å². The average molecular weight is 397 g/mol. The minimum Gasteiger partial charge on any atom is -0.305 e. The average Bonchev–Trinajstić information content (AvgIpc) is 3.20. The lowest BCUT2D eigenvalue weighted by molar-refractivity contribution is -0.380. The normalized spacial score (nSPS) is 12.0. The Balaban J connectivity index is 1.99. The minimum absolute atomic E-state index is 0.0289. The van der Waals surface area contributed by atoms with Crippen LogP contribution in [0.15, 0.2) is 35.3 Å². The van der Waals surface area contributed by atoms with Crippen molar-refractivity contribution in [2.24, 2.45) is 4.99 Å². The van der Waals surface area contributed by atoms with E-state index >= 15 is 0 Å². The van der Waals surface area contributed by atoms with E-state index in [0.717, 1.165) is 32.7 Å². The first-order chi connectivity index (χ1) is 12.9. The van der Waals surface area contributed by atoms with Crippen LogP contribution in [-0.2, 0) is 11.3 Å². The number of thiazole rings is 1. The molecule has 0 fully saturated rings. The van der Waals surface area contributed by atoms with Gasteiger partial charge < -0.3 is 4.57 Å². The molecule has 0 bridgehead atoms. The Kier molecular flexibility index (Phi) is 5.35. The highest BCUT2D eigenvalue weighted by atomic mass is 32.1. The van der Waals surface area contributed by atoms with Gasteiger partial charge in [0.25, 0.3) is 5.91 Å². The quantitative estimate of drug-likeness (QED) is 0.288. The Hall–Kier alpha value is -3.02. The summed E-state index contributed by atoms with van der Waals surface area (Å²) in [6.07, 6.45) is 8.32. The van der Waals surface area contributed by atoms with Crippen molar-refractivity contribution < 1.29 is 9.72 Å². The van der Waals surface area contributed by atoms with Crippen molar-refractivity contribution >= 4 is 49.9 Å². The van der Waals surface area contributed by atoms with Gasteiger partial charge in [0, 0.05) is 17.0 Å². The second-order valence-electron chi connectivity index (χ2n) is 5.82. The van der Waals surface area contributed by atoms with Crippen molar-refractivity contribution in [1.82, 2.24) is 4.57 Å². The van der Waals surface area contributed by atoms with Gasteiger partial charge in [-0.05, 0) is 43.2 Å². The standard InChI is InChI=1S/C19H15N3O3S2/c1-4-9-21-15-11-12(2)10-13(3)18(15)27-19(21)20-16(23)7-5-14-6-8-17(26-14)22(24)25/h1,5-8,10-11H,9H2,2-3H3/b7-5+,20-19?. The Labute approximate surface area is 163 Å². The zero-order valence-electron chi connectivity index (χ0n) is 14.6. The van der Waals surface area contributed by atoms with Gasteiger partial charge in [-0.2, -0.15) is 4.99 Å². The van der Waals surface area contributed by atoms with Crippen LogP contribution in [0.2, 0.25) is 0 Å². The molecular weight excluding hydrogens is 382 g/mol. The summed E-state index contributed by atoms with van der Waals surface area (Å²) in [5.74, 6) is 2.16. The molecule has 0 aliphatic rings. The van der Waals surface area contributed by atoms with Crippen molar-refractivity contribution in [3.05, 3.63) is 61.3 Å². The molecule has 2 aromatic heterocycles. The number of amides is 1. The van der Waals surface area contributed by atoms with E-state index in [-0.39, 0.29) is 5.00 Å². The largest absolute Gasteiger partial charge is 0.324 e. The number of hydrogen-bond acceptors (Lipinski definition) is 5. The molecule has 0 saturated heterocycles. The number of fused-ring (bicyclic) bond motifs is 1. The summed E-state index contributed by atoms with van der Waals surface area (Å²) < 4.78 is 2.89. The van der Waals surface area contributed by atoms with Gasteiger partial charge in [0.1, 0.15) is 0 Å². The van der Waals surface area contributed by atoms with E-state index < -0.39 is 10.8 Å². The molecule has 0 aliphatic heterocycles. The third-order valence-corrected chi connectivity index (χ3v) is 5.98. The third-order valence-electron chi connectivity index (χ3n) is 3.75. The fraction of sp³-hybridized carbons (Fsp3) is 0.158. The van der Waals surface area contributed by atoms with Crippen molar-refractivity contribution in [2.45, 2.75) is 20.4 Å². The van der Waals surface area contributed by atoms with Crippen molar-refractivity contribution in [3.63, 3.8) is 0 Å². The summed E-state index contributed by atoms with van der Waals surface area (Å²) in [6, 6.07) is 7.11. The topological polar surface area (TPSA) is 77.5 Å². The molecule has 0 aliphatic carbocycles. The Morgan fingerprint density at radius 2 is 2.15 bits per heavy atom. The summed E-state index contributed by atoms with van der Waals surface area (Å²) in [4.78, 5) is 27.8. The highest BCUT2D eigenvalue weighted by Gasteiger charge is 2.10. The molecule has 1 amide bonds. The van der Waals surface area contributed by atoms with E-state index in [1.165, 1.54) is 29.6 Å². The molecule has 0 saturated carbocycles. The molecular formula is C19H15N3O3S2. The van der Waals surface area contributed by atoms with Gasteiger partial charge in [-0.3, -0.25) is 14.9 Å². The van der Waals surface area contributed by atoms with Crippen LogP contribution < -0.4 is 4.80 Å². The van der Waals surface area contributed by atoms with Crippen LogP contribution in [0.25, 0.3) is 16.3 Å². The fourth-order valence-electron chi connectivity index (χ4n) is 2.66. The van der Waals surface area contributed by atoms with Crippen LogP contribution in [0, 0.1) is 36.3 Å². The Bertz CT molecular complexity index is 1190. The first-order valence-electron chi connectivity index (χ1n) is 7.94. The summed E-state index contributed by atoms with van der Waals surface area (Å²) in [5, 5.41) is 10.7. The minimum atomic E-state index is -0.460. The van der Waals surface area contributed by atoms with Gasteiger partial charge in [-0.1, -0.05) is 34.7 Å². The number of hydrogen-bond donors (Lipinski definition) is 0. The Morgan fingerprint density at radius 3 is 2.81 bits per heavy atom. The van der Waals surface area contributed by atoms with E-state index in [1.807, 2.05) is 24.5 Å². The number of terminal acetylenes is 1. The van der Waals surface area contributed by atoms with Crippen molar-refractivity contribution in [2.75, 3.05) is 0 Å². The smallest absolute Gasteiger partial charge is 0.305 e. The highest BCUT2D eigenvalue weighted by Crippen LogP contribution is 2.25. The maximum Gasteiger partial charge on any atom is 0.324 e. The number of carbonyl (C=O) groups is 1. The summed E-state index contributed by atoms with van der Waals surface area (Å²) in [5.41, 5.74) is 3.18. The number of carbonyl (C=O) groups excluding carboxylic acids is 1. The molecule has 0 atom stereocenters. The molecule has 2 heterocycles. The predicted octanol–water partition coefficient (Wildman–Crippen LogP) is 4.06. The maximum atomic E-state index is 12.3. The number of thiophene rings is 1. The number of aryl methyl sites for hydroxylation is 2. The summed E-state index contributed by atoms with van der Waals surface area (Å²) in [6.45, 7) is 4.34. The van der Waals surface area contributed by atoms with Gasteiger partial charge in [0.05, 0.1) is 21.7 Å². The van der Waals surface area contributed by atoms with Crippen LogP contribution in [0.5, 0.6) is 0 Å². The maximum absolute atomic E-state index is 12.3. The molecule has 136 valence electrons. The molecule has 0 unspecified atom stereocenters. The summed E-state index contributed by atoms with van der Waals surface area (Å²) in [7, 11) is 0. The van der Waals surface area contributed by atoms with Gasteiger partial charge >= 0.3 is 5.00 Å². The number of aromatic nitrogens is 1. The molecule has 27 heavy (non-hydrogen) atoms. The van der Waals surface area contributed by atoms with Crippen LogP contribution in [-0.4, -0.2) is 15.4 Å². The lowest BCUT2D eigenvalue weighted by Crippen LogP contribution is -2.15. The second kappa shape index (κ2) is 7.70. The van der Waals surface area contributed by atoms with Crippen LogP contribution in [0.1, 0.15) is 16.0 Å². The molecule has 0 radical (unpaired) electrons. The molecule has 0 spiro atoms. The lowest BCUT2D eigenvalue weighted by atomic mass is 10.1. The van der Waals surface area contributed by atoms with Gasteiger partial charge in [-0.25, -0.2) is 0 Å². The third kappa shape index (κ3) is 4.05. The zero-order chi connectivity index (χ0) is 19.6. The fourth-order valence-corrected chi connectivity index (χ4v) is 4.47. The van der Waals surface area contributed by atoms with Crippen LogP contribution in [0.3, 0.4) is 0 Å². The molecule has 6 nitrogen and oxygen atoms in total. The Morgan fingerprint density at radius 1 is 1.37 bits per heavy atom. The van der Waals surface area contributed by atoms with E-state index in [2.05, 4.69) is 17.0 Å². The number of nitro groups is 1. The SMILES string of the molecule is C#CCn1c(=NC(=O)/C=C/c2ccc([N+](=O)[O-])s2)sc2c(C)cc(C)cc21. The van der Waals surface area contributed by atoms with Gasteiger partial charge in [0.2, 0.25) is 0 Å². The van der Waals surface area contributed by atoms with Crippen molar-refractivity contribution in [3.8, 4) is 12.3 Å². The van der Waals surface area contributed by atoms with Gasteiger partial charge in [-0.15, -0.1) is 6.42 Å². The second-order valence-corrected chi connectivity index (χ2v) is 7.89. The van der Waals surface area contributed by atoms with Crippen LogP contribution >= 0.6 is 22.7 Å². The molecule has 0 N–H and O–H groups in total. The lowest BCUT2D eigenvalue weighted by Gasteiger charge is -2.02. The summed E-state index contributed by atoms with van der Waals surface area (Å²) >= 11 is 2.42. The monoisotopic (exact) mass is 397 g/mol. The van der Waals surface area contributed by atoms with Gasteiger partial charge in [0.15, 0.2) is 4.80 Å². The van der Waals surface area contributed by atoms with E-state index in [4.69, 9.17) is 6.42 Å². The van der Waals surface area contributed by atoms with Crippen LogP contribution in [0.4, 0.5) is 5.00 Å². The molecule has 8 heteroatoms. The zero-order valence-corrected chi connectivity index (χ0v) is 16.3. The van der Waals surface area contributed by atoms with E-state index in [9.17, 15) is 14.9 Å². The number of nitrogens with zero attached hydrogens (tertiary/aromatic N) is 3. The van der Waals surface area contributed by atoms with E-state index in [1.54, 1.807) is 6.07 Å². The van der Waals surface area contributed by atoms with Crippen molar-refractivity contribution in [1.29, 1.82) is 0 Å². The predicted molar refractivity (Wildman–Crippen MR) is 109 cm³/mol. The molecule has 1 aromatic carbocycles. The molecule has 3 rings (SSSR count). The number of benzene rings is 1. The first kappa shape index (κ1) is 18.8. The highest BCUT2D eigenvalue weighted by molar-refractivity contribution is 7.16.